The smallest absolute Gasteiger partial charge is 0.315 e. The van der Waals surface area contributed by atoms with Crippen LogP contribution in [0.25, 0.3) is 0 Å². The molecule has 124 valence electrons. The predicted molar refractivity (Wildman–Crippen MR) is 89.4 cm³/mol. The molecule has 0 aliphatic carbocycles. The van der Waals surface area contributed by atoms with E-state index in [0.29, 0.717) is 17.3 Å². The van der Waals surface area contributed by atoms with E-state index in [4.69, 9.17) is 11.6 Å². The molecule has 0 spiro atoms. The van der Waals surface area contributed by atoms with Gasteiger partial charge in [0.25, 0.3) is 0 Å². The van der Waals surface area contributed by atoms with Crippen LogP contribution in [0.3, 0.4) is 0 Å². The summed E-state index contributed by atoms with van der Waals surface area (Å²) in [6.45, 7) is 5.96. The summed E-state index contributed by atoms with van der Waals surface area (Å²) in [6, 6.07) is 3.73. The molecule has 0 saturated heterocycles. The van der Waals surface area contributed by atoms with Crippen molar-refractivity contribution in [3.63, 3.8) is 0 Å². The third kappa shape index (κ3) is 5.93. The molecular formula is C15H22ClFN2O2S. The Labute approximate surface area is 138 Å². The van der Waals surface area contributed by atoms with Gasteiger partial charge in [-0.2, -0.15) is 0 Å². The Morgan fingerprint density at radius 1 is 1.45 bits per heavy atom. The highest BCUT2D eigenvalue weighted by molar-refractivity contribution is 7.84. The maximum absolute atomic E-state index is 13.1. The highest BCUT2D eigenvalue weighted by Gasteiger charge is 2.24. The second kappa shape index (κ2) is 7.92. The first kappa shape index (κ1) is 18.9. The average molecular weight is 349 g/mol. The van der Waals surface area contributed by atoms with Gasteiger partial charge in [-0.3, -0.25) is 4.21 Å². The minimum atomic E-state index is -0.964. The largest absolute Gasteiger partial charge is 0.337 e. The van der Waals surface area contributed by atoms with Crippen LogP contribution in [0, 0.1) is 5.82 Å². The lowest BCUT2D eigenvalue weighted by Crippen LogP contribution is -2.46. The first-order valence-corrected chi connectivity index (χ1v) is 9.02. The van der Waals surface area contributed by atoms with Crippen molar-refractivity contribution < 1.29 is 13.4 Å². The number of carbonyl (C=O) groups excluding carboxylic acids is 1. The van der Waals surface area contributed by atoms with Crippen LogP contribution in [-0.4, -0.2) is 34.8 Å². The van der Waals surface area contributed by atoms with Crippen LogP contribution in [0.2, 0.25) is 5.02 Å². The normalized spacial score (nSPS) is 14.3. The molecule has 22 heavy (non-hydrogen) atoms. The van der Waals surface area contributed by atoms with Crippen molar-refractivity contribution in [3.05, 3.63) is 34.6 Å². The lowest BCUT2D eigenvalue weighted by Gasteiger charge is -2.27. The van der Waals surface area contributed by atoms with Crippen LogP contribution in [0.5, 0.6) is 0 Å². The third-order valence-corrected chi connectivity index (χ3v) is 4.50. The molecule has 7 heteroatoms. The van der Waals surface area contributed by atoms with E-state index in [1.54, 1.807) is 19.2 Å². The van der Waals surface area contributed by atoms with E-state index < -0.39 is 22.0 Å². The first-order chi connectivity index (χ1) is 10.1. The zero-order valence-corrected chi connectivity index (χ0v) is 14.8. The molecule has 1 aromatic rings. The molecule has 0 aromatic heterocycles. The zero-order valence-electron chi connectivity index (χ0n) is 13.2. The number of amides is 2. The van der Waals surface area contributed by atoms with Gasteiger partial charge in [-0.15, -0.1) is 0 Å². The van der Waals surface area contributed by atoms with Crippen molar-refractivity contribution in [2.24, 2.45) is 0 Å². The Morgan fingerprint density at radius 2 is 2.09 bits per heavy atom. The van der Waals surface area contributed by atoms with Gasteiger partial charge in [0.15, 0.2) is 0 Å². The lowest BCUT2D eigenvalue weighted by atomic mass is 9.84. The topological polar surface area (TPSA) is 58.2 Å². The zero-order chi connectivity index (χ0) is 16.9. The highest BCUT2D eigenvalue weighted by atomic mass is 35.5. The monoisotopic (exact) mass is 348 g/mol. The van der Waals surface area contributed by atoms with Gasteiger partial charge in [0.2, 0.25) is 0 Å². The van der Waals surface area contributed by atoms with Gasteiger partial charge >= 0.3 is 6.03 Å². The van der Waals surface area contributed by atoms with Crippen molar-refractivity contribution in [1.82, 2.24) is 10.6 Å². The Kier molecular flexibility index (Phi) is 6.81. The minimum absolute atomic E-state index is 0.177. The third-order valence-electron chi connectivity index (χ3n) is 3.21. The second-order valence-electron chi connectivity index (χ2n) is 5.98. The van der Waals surface area contributed by atoms with Crippen LogP contribution < -0.4 is 10.6 Å². The minimum Gasteiger partial charge on any atom is -0.337 e. The van der Waals surface area contributed by atoms with Crippen molar-refractivity contribution >= 4 is 28.4 Å². The van der Waals surface area contributed by atoms with Crippen LogP contribution in [0.1, 0.15) is 26.3 Å². The fourth-order valence-corrected chi connectivity index (χ4v) is 3.31. The number of hydrogen-bond acceptors (Lipinski definition) is 2. The summed E-state index contributed by atoms with van der Waals surface area (Å²) in [5.41, 5.74) is 0.317. The van der Waals surface area contributed by atoms with Gasteiger partial charge < -0.3 is 10.6 Å². The molecule has 4 nitrogen and oxygen atoms in total. The molecule has 0 radical (unpaired) electrons. The summed E-state index contributed by atoms with van der Waals surface area (Å²) < 4.78 is 24.2. The van der Waals surface area contributed by atoms with E-state index in [9.17, 15) is 13.4 Å². The number of halogens is 2. The molecule has 0 fully saturated rings. The maximum Gasteiger partial charge on any atom is 0.315 e. The van der Waals surface area contributed by atoms with Gasteiger partial charge in [-0.1, -0.05) is 31.5 Å². The Balaban J connectivity index is 2.61. The standard InChI is InChI=1S/C15H22ClFN2O2S/c1-10(8-22(4)21)19-14(20)18-9-15(2,3)12-6-5-11(17)7-13(12)16/h5-7,10H,8-9H2,1-4H3,(H2,18,19,20). The molecule has 0 heterocycles. The molecule has 0 saturated carbocycles. The maximum atomic E-state index is 13.1. The van der Waals surface area contributed by atoms with Crippen LogP contribution in [0.15, 0.2) is 18.2 Å². The fraction of sp³-hybridized carbons (Fsp3) is 0.533. The SMILES string of the molecule is CC(CS(C)=O)NC(=O)NCC(C)(C)c1ccc(F)cc1Cl. The van der Waals surface area contributed by atoms with Gasteiger partial charge in [0.05, 0.1) is 0 Å². The fourth-order valence-electron chi connectivity index (χ4n) is 2.10. The van der Waals surface area contributed by atoms with Gasteiger partial charge in [0.1, 0.15) is 5.82 Å². The van der Waals surface area contributed by atoms with Gasteiger partial charge in [-0.05, 0) is 24.6 Å². The van der Waals surface area contributed by atoms with E-state index >= 15 is 0 Å². The van der Waals surface area contributed by atoms with E-state index in [2.05, 4.69) is 10.6 Å². The molecule has 1 aromatic carbocycles. The van der Waals surface area contributed by atoms with Crippen molar-refractivity contribution in [3.8, 4) is 0 Å². The van der Waals surface area contributed by atoms with E-state index in [1.165, 1.54) is 12.1 Å². The molecule has 2 atom stereocenters. The summed E-state index contributed by atoms with van der Waals surface area (Å²) in [4.78, 5) is 11.8. The molecule has 1 rings (SSSR count). The van der Waals surface area contributed by atoms with Crippen LogP contribution in [-0.2, 0) is 16.2 Å². The predicted octanol–water partition coefficient (Wildman–Crippen LogP) is 2.82. The summed E-state index contributed by atoms with van der Waals surface area (Å²) in [7, 11) is -0.964. The molecule has 0 aliphatic heterocycles. The van der Waals surface area contributed by atoms with Crippen molar-refractivity contribution in [2.45, 2.75) is 32.2 Å². The van der Waals surface area contributed by atoms with Crippen LogP contribution in [0.4, 0.5) is 9.18 Å². The number of rotatable bonds is 6. The Bertz CT molecular complexity index is 566. The molecular weight excluding hydrogens is 327 g/mol. The molecule has 0 aliphatic rings. The summed E-state index contributed by atoms with van der Waals surface area (Å²) in [5, 5.41) is 5.82. The van der Waals surface area contributed by atoms with Crippen LogP contribution >= 0.6 is 11.6 Å². The quantitative estimate of drug-likeness (QED) is 0.830. The first-order valence-electron chi connectivity index (χ1n) is 6.92. The number of nitrogens with one attached hydrogen (secondary N) is 2. The second-order valence-corrected chi connectivity index (χ2v) is 7.86. The van der Waals surface area contributed by atoms with E-state index in [0.717, 1.165) is 5.56 Å². The highest BCUT2D eigenvalue weighted by Crippen LogP contribution is 2.29. The lowest BCUT2D eigenvalue weighted by molar-refractivity contribution is 0.236. The van der Waals surface area contributed by atoms with Crippen molar-refractivity contribution in [1.29, 1.82) is 0 Å². The summed E-state index contributed by atoms with van der Waals surface area (Å²) in [5.74, 6) is 0.0114. The Hall–Kier alpha value is -1.14. The number of hydrogen-bond donors (Lipinski definition) is 2. The molecule has 2 N–H and O–H groups in total. The number of carbonyl (C=O) groups is 1. The summed E-state index contributed by atoms with van der Waals surface area (Å²) >= 11 is 6.07. The Morgan fingerprint density at radius 3 is 2.64 bits per heavy atom. The molecule has 2 unspecified atom stereocenters. The number of urea groups is 1. The van der Waals surface area contributed by atoms with Crippen molar-refractivity contribution in [2.75, 3.05) is 18.6 Å². The summed E-state index contributed by atoms with van der Waals surface area (Å²) in [6.07, 6.45) is 1.59. The molecule has 0 bridgehead atoms. The average Bonchev–Trinajstić information content (AvgIpc) is 2.34. The van der Waals surface area contributed by atoms with E-state index in [-0.39, 0.29) is 12.1 Å². The van der Waals surface area contributed by atoms with Gasteiger partial charge in [0, 0.05) is 45.8 Å². The van der Waals surface area contributed by atoms with Gasteiger partial charge in [-0.25, -0.2) is 9.18 Å². The van der Waals surface area contributed by atoms with E-state index in [1.807, 2.05) is 13.8 Å². The number of benzene rings is 1. The molecule has 2 amide bonds.